The van der Waals surface area contributed by atoms with Gasteiger partial charge in [0, 0.05) is 56.9 Å². The van der Waals surface area contributed by atoms with Gasteiger partial charge in [-0.05, 0) is 31.0 Å². The summed E-state index contributed by atoms with van der Waals surface area (Å²) in [5.74, 6) is 0.0866. The molecule has 30 heavy (non-hydrogen) atoms. The molecule has 2 atom stereocenters. The lowest BCUT2D eigenvalue weighted by atomic mass is 9.73. The number of piperidine rings is 1. The molecule has 0 aromatic heterocycles. The van der Waals surface area contributed by atoms with Gasteiger partial charge in [0.05, 0.1) is 23.8 Å². The average molecular weight is 424 g/mol. The number of hydrogen-bond acceptors (Lipinski definition) is 4. The highest BCUT2D eigenvalue weighted by atomic mass is 19.4. The summed E-state index contributed by atoms with van der Waals surface area (Å²) in [4.78, 5) is 16.2. The third kappa shape index (κ3) is 4.33. The van der Waals surface area contributed by atoms with Crippen molar-refractivity contribution < 1.29 is 22.7 Å². The summed E-state index contributed by atoms with van der Waals surface area (Å²) in [6.45, 7) is 5.31. The summed E-state index contributed by atoms with van der Waals surface area (Å²) in [6, 6.07) is 5.37. The van der Waals surface area contributed by atoms with Gasteiger partial charge in [0.25, 0.3) is 0 Å². The molecule has 0 saturated carbocycles. The van der Waals surface area contributed by atoms with E-state index < -0.39 is 11.7 Å². The molecule has 164 valence electrons. The number of benzene rings is 1. The first-order valence-electron chi connectivity index (χ1n) is 10.1. The lowest BCUT2D eigenvalue weighted by Gasteiger charge is -2.44. The van der Waals surface area contributed by atoms with Crippen molar-refractivity contribution in [1.82, 2.24) is 10.2 Å². The van der Waals surface area contributed by atoms with E-state index in [0.717, 1.165) is 12.5 Å². The lowest BCUT2D eigenvalue weighted by Crippen LogP contribution is -2.49. The topological polar surface area (TPSA) is 68.6 Å². The van der Waals surface area contributed by atoms with Crippen molar-refractivity contribution in [2.75, 3.05) is 51.3 Å². The fourth-order valence-corrected chi connectivity index (χ4v) is 4.60. The minimum Gasteiger partial charge on any atom is -0.384 e. The SMILES string of the molecule is CCCNC(=O)N1C[C@H]2CN(c3ccc(C#N)c(C(F)(F)F)c3)CC[C@@]2(COC)C1. The maximum Gasteiger partial charge on any atom is 0.417 e. The van der Waals surface area contributed by atoms with Crippen molar-refractivity contribution in [2.24, 2.45) is 11.3 Å². The Hall–Kier alpha value is -2.47. The Kier molecular flexibility index (Phi) is 6.46. The van der Waals surface area contributed by atoms with Crippen LogP contribution in [0.25, 0.3) is 0 Å². The number of nitrogens with one attached hydrogen (secondary N) is 1. The lowest BCUT2D eigenvalue weighted by molar-refractivity contribution is -0.137. The van der Waals surface area contributed by atoms with Crippen LogP contribution in [0.3, 0.4) is 0 Å². The zero-order valence-electron chi connectivity index (χ0n) is 17.3. The average Bonchev–Trinajstić information content (AvgIpc) is 3.09. The van der Waals surface area contributed by atoms with Crippen LogP contribution in [0.1, 0.15) is 30.9 Å². The van der Waals surface area contributed by atoms with Gasteiger partial charge < -0.3 is 19.9 Å². The second-order valence-corrected chi connectivity index (χ2v) is 8.14. The van der Waals surface area contributed by atoms with Gasteiger partial charge in [-0.2, -0.15) is 18.4 Å². The minimum absolute atomic E-state index is 0.0866. The van der Waals surface area contributed by atoms with Crippen LogP contribution in [0, 0.1) is 22.7 Å². The van der Waals surface area contributed by atoms with E-state index in [4.69, 9.17) is 10.00 Å². The van der Waals surface area contributed by atoms with Crippen molar-refractivity contribution >= 4 is 11.7 Å². The second-order valence-electron chi connectivity index (χ2n) is 8.14. The van der Waals surface area contributed by atoms with E-state index in [0.29, 0.717) is 51.4 Å². The smallest absolute Gasteiger partial charge is 0.384 e. The summed E-state index contributed by atoms with van der Waals surface area (Å²) in [6.07, 6.45) is -3.02. The number of nitriles is 1. The number of nitrogens with zero attached hydrogens (tertiary/aromatic N) is 3. The molecule has 2 fully saturated rings. The monoisotopic (exact) mass is 424 g/mol. The van der Waals surface area contributed by atoms with Crippen molar-refractivity contribution in [3.8, 4) is 6.07 Å². The standard InChI is InChI=1S/C21H27F3N4O2/c1-3-7-26-19(29)28-12-16-11-27(8-6-20(16,13-28)14-30-2)17-5-4-15(10-25)18(9-17)21(22,23)24/h4-5,9,16H,3,6-8,11-14H2,1-2H3,(H,26,29)/t16-,20+/m1/s1. The van der Waals surface area contributed by atoms with E-state index in [1.54, 1.807) is 24.1 Å². The summed E-state index contributed by atoms with van der Waals surface area (Å²) in [5.41, 5.74) is -1.05. The van der Waals surface area contributed by atoms with Crippen LogP contribution in [0.2, 0.25) is 0 Å². The second kappa shape index (κ2) is 8.72. The summed E-state index contributed by atoms with van der Waals surface area (Å²) < 4.78 is 45.6. The molecule has 1 aromatic rings. The predicted octanol–water partition coefficient (Wildman–Crippen LogP) is 3.47. The first kappa shape index (κ1) is 22.2. The number of amides is 2. The fourth-order valence-electron chi connectivity index (χ4n) is 4.60. The number of carbonyl (C=O) groups excluding carboxylic acids is 1. The number of alkyl halides is 3. The zero-order valence-corrected chi connectivity index (χ0v) is 17.3. The largest absolute Gasteiger partial charge is 0.417 e. The molecule has 0 bridgehead atoms. The fraction of sp³-hybridized carbons (Fsp3) is 0.619. The number of likely N-dealkylation sites (tertiary alicyclic amines) is 1. The first-order valence-corrected chi connectivity index (χ1v) is 10.1. The van der Waals surface area contributed by atoms with E-state index in [1.165, 1.54) is 6.07 Å². The number of anilines is 1. The third-order valence-electron chi connectivity index (χ3n) is 6.17. The van der Waals surface area contributed by atoms with Crippen LogP contribution in [0.5, 0.6) is 0 Å². The molecule has 6 nitrogen and oxygen atoms in total. The van der Waals surface area contributed by atoms with Crippen molar-refractivity contribution in [3.63, 3.8) is 0 Å². The molecule has 2 heterocycles. The molecule has 2 aliphatic heterocycles. The first-order chi connectivity index (χ1) is 14.2. The molecule has 1 N–H and O–H groups in total. The van der Waals surface area contributed by atoms with E-state index in [2.05, 4.69) is 5.32 Å². The number of hydrogen-bond donors (Lipinski definition) is 1. The van der Waals surface area contributed by atoms with Crippen molar-refractivity contribution in [1.29, 1.82) is 5.26 Å². The summed E-state index contributed by atoms with van der Waals surface area (Å²) >= 11 is 0. The van der Waals surface area contributed by atoms with E-state index in [-0.39, 0.29) is 22.9 Å². The van der Waals surface area contributed by atoms with Crippen molar-refractivity contribution in [3.05, 3.63) is 29.3 Å². The molecule has 2 aliphatic rings. The van der Waals surface area contributed by atoms with Gasteiger partial charge in [0.2, 0.25) is 0 Å². The van der Waals surface area contributed by atoms with E-state index in [1.807, 2.05) is 11.8 Å². The minimum atomic E-state index is -4.59. The Morgan fingerprint density at radius 3 is 2.80 bits per heavy atom. The highest BCUT2D eigenvalue weighted by Gasteiger charge is 2.51. The number of carbonyl (C=O) groups is 1. The normalized spacial score (nSPS) is 23.8. The van der Waals surface area contributed by atoms with Crippen LogP contribution in [0.4, 0.5) is 23.7 Å². The van der Waals surface area contributed by atoms with Crippen molar-refractivity contribution in [2.45, 2.75) is 25.9 Å². The number of methoxy groups -OCH3 is 1. The van der Waals surface area contributed by atoms with Gasteiger partial charge in [-0.15, -0.1) is 0 Å². The highest BCUT2D eigenvalue weighted by molar-refractivity contribution is 5.74. The number of halogens is 3. The zero-order chi connectivity index (χ0) is 21.9. The maximum absolute atomic E-state index is 13.4. The predicted molar refractivity (Wildman–Crippen MR) is 106 cm³/mol. The molecule has 2 saturated heterocycles. The Labute approximate surface area is 174 Å². The van der Waals surface area contributed by atoms with E-state index >= 15 is 0 Å². The Balaban J connectivity index is 1.81. The number of rotatable bonds is 5. The molecular weight excluding hydrogens is 397 g/mol. The summed E-state index contributed by atoms with van der Waals surface area (Å²) in [5, 5.41) is 11.9. The van der Waals surface area contributed by atoms with Gasteiger partial charge in [0.15, 0.2) is 0 Å². The molecule has 0 aliphatic carbocycles. The van der Waals surface area contributed by atoms with Gasteiger partial charge in [-0.25, -0.2) is 4.79 Å². The summed E-state index contributed by atoms with van der Waals surface area (Å²) in [7, 11) is 1.63. The molecule has 0 unspecified atom stereocenters. The van der Waals surface area contributed by atoms with Gasteiger partial charge in [-0.3, -0.25) is 0 Å². The number of fused-ring (bicyclic) bond motifs is 1. The van der Waals surface area contributed by atoms with Gasteiger partial charge in [0.1, 0.15) is 0 Å². The molecule has 2 amide bonds. The molecule has 3 rings (SSSR count). The Morgan fingerprint density at radius 1 is 1.40 bits per heavy atom. The third-order valence-corrected chi connectivity index (χ3v) is 6.17. The molecule has 0 spiro atoms. The number of ether oxygens (including phenoxy) is 1. The van der Waals surface area contributed by atoms with Crippen LogP contribution < -0.4 is 10.2 Å². The highest BCUT2D eigenvalue weighted by Crippen LogP contribution is 2.44. The van der Waals surface area contributed by atoms with Crippen LogP contribution in [-0.2, 0) is 10.9 Å². The van der Waals surface area contributed by atoms with Crippen LogP contribution in [-0.4, -0.2) is 57.4 Å². The number of urea groups is 1. The quantitative estimate of drug-likeness (QED) is 0.786. The van der Waals surface area contributed by atoms with Crippen LogP contribution >= 0.6 is 0 Å². The molecule has 1 aromatic carbocycles. The van der Waals surface area contributed by atoms with Gasteiger partial charge in [-0.1, -0.05) is 6.92 Å². The Morgan fingerprint density at radius 2 is 2.17 bits per heavy atom. The van der Waals surface area contributed by atoms with E-state index in [9.17, 15) is 18.0 Å². The Bertz CT molecular complexity index is 823. The molecule has 0 radical (unpaired) electrons. The molecular formula is C21H27F3N4O2. The van der Waals surface area contributed by atoms with Gasteiger partial charge >= 0.3 is 12.2 Å². The maximum atomic E-state index is 13.4. The molecule has 9 heteroatoms. The van der Waals surface area contributed by atoms with Crippen LogP contribution in [0.15, 0.2) is 18.2 Å².